The molecule has 0 aromatic rings. The first-order chi connectivity index (χ1) is 4.88. The molecular weight excluding hydrogens is 124 g/mol. The summed E-state index contributed by atoms with van der Waals surface area (Å²) in [7, 11) is 0. The molecule has 0 aromatic heterocycles. The Balaban J connectivity index is 2.31. The van der Waals surface area contributed by atoms with Crippen LogP contribution >= 0.6 is 0 Å². The fourth-order valence-electron chi connectivity index (χ4n) is 1.37. The number of hydrogen-bond donors (Lipinski definition) is 1. The van der Waals surface area contributed by atoms with E-state index in [1.807, 2.05) is 6.21 Å². The fourth-order valence-corrected chi connectivity index (χ4v) is 1.37. The molecule has 2 heteroatoms. The molecule has 0 radical (unpaired) electrons. The number of hydrogen-bond acceptors (Lipinski definition) is 2. The monoisotopic (exact) mass is 134 g/mol. The second kappa shape index (κ2) is 1.97. The van der Waals surface area contributed by atoms with E-state index < -0.39 is 0 Å². The highest BCUT2D eigenvalue weighted by Gasteiger charge is 2.22. The summed E-state index contributed by atoms with van der Waals surface area (Å²) in [5.74, 6) is 0.572. The maximum absolute atomic E-state index is 4.00. The van der Waals surface area contributed by atoms with Crippen LogP contribution in [0.4, 0.5) is 0 Å². The van der Waals surface area contributed by atoms with Gasteiger partial charge in [-0.1, -0.05) is 25.2 Å². The predicted octanol–water partition coefficient (Wildman–Crippen LogP) is 1.08. The highest BCUT2D eigenvalue weighted by Crippen LogP contribution is 2.20. The van der Waals surface area contributed by atoms with Crippen LogP contribution in [0.25, 0.3) is 0 Å². The summed E-state index contributed by atoms with van der Waals surface area (Å²) in [5.41, 5.74) is 4.36. The zero-order valence-corrected chi connectivity index (χ0v) is 5.91. The van der Waals surface area contributed by atoms with Crippen molar-refractivity contribution in [3.8, 4) is 0 Å². The molecule has 0 bridgehead atoms. The van der Waals surface area contributed by atoms with Crippen LogP contribution in [0.1, 0.15) is 6.92 Å². The Labute approximate surface area is 60.3 Å². The first kappa shape index (κ1) is 5.71. The minimum Gasteiger partial charge on any atom is -0.302 e. The Morgan fingerprint density at radius 2 is 2.50 bits per heavy atom. The largest absolute Gasteiger partial charge is 0.302 e. The lowest BCUT2D eigenvalue weighted by Gasteiger charge is -2.19. The van der Waals surface area contributed by atoms with E-state index in [9.17, 15) is 0 Å². The average Bonchev–Trinajstić information content (AvgIpc) is 2.36. The van der Waals surface area contributed by atoms with Crippen molar-refractivity contribution in [1.82, 2.24) is 5.43 Å². The SMILES string of the molecule is CC1C=CC=C2C=NNC21. The molecule has 2 atom stereocenters. The van der Waals surface area contributed by atoms with E-state index in [2.05, 4.69) is 35.7 Å². The number of rotatable bonds is 0. The first-order valence-corrected chi connectivity index (χ1v) is 3.55. The van der Waals surface area contributed by atoms with E-state index in [0.717, 1.165) is 0 Å². The van der Waals surface area contributed by atoms with Crippen molar-refractivity contribution >= 4 is 6.21 Å². The normalized spacial score (nSPS) is 35.1. The third kappa shape index (κ3) is 0.685. The summed E-state index contributed by atoms with van der Waals surface area (Å²) in [6, 6.07) is 0.435. The minimum absolute atomic E-state index is 0.435. The molecule has 1 aliphatic heterocycles. The van der Waals surface area contributed by atoms with Crippen LogP contribution in [0.5, 0.6) is 0 Å². The number of nitrogens with one attached hydrogen (secondary N) is 1. The molecule has 2 rings (SSSR count). The Bertz CT molecular complexity index is 225. The van der Waals surface area contributed by atoms with Crippen LogP contribution in [-0.2, 0) is 0 Å². The second-order valence-corrected chi connectivity index (χ2v) is 2.78. The fraction of sp³-hybridized carbons (Fsp3) is 0.375. The minimum atomic E-state index is 0.435. The molecule has 2 unspecified atom stereocenters. The van der Waals surface area contributed by atoms with Crippen molar-refractivity contribution in [1.29, 1.82) is 0 Å². The van der Waals surface area contributed by atoms with E-state index in [1.54, 1.807) is 0 Å². The van der Waals surface area contributed by atoms with Crippen LogP contribution in [0, 0.1) is 5.92 Å². The molecule has 2 nitrogen and oxygen atoms in total. The van der Waals surface area contributed by atoms with Gasteiger partial charge in [0.05, 0.1) is 12.3 Å². The Hall–Kier alpha value is -1.05. The lowest BCUT2D eigenvalue weighted by Crippen LogP contribution is -2.29. The smallest absolute Gasteiger partial charge is 0.0764 e. The molecule has 0 saturated heterocycles. The van der Waals surface area contributed by atoms with Gasteiger partial charge in [-0.2, -0.15) is 5.10 Å². The molecule has 0 aromatic carbocycles. The van der Waals surface area contributed by atoms with Crippen LogP contribution < -0.4 is 5.43 Å². The van der Waals surface area contributed by atoms with Crippen molar-refractivity contribution in [2.24, 2.45) is 11.0 Å². The maximum atomic E-state index is 4.00. The number of hydrazone groups is 1. The van der Waals surface area contributed by atoms with Gasteiger partial charge in [-0.25, -0.2) is 0 Å². The molecule has 2 aliphatic rings. The molecule has 0 spiro atoms. The van der Waals surface area contributed by atoms with Crippen LogP contribution in [0.2, 0.25) is 0 Å². The molecular formula is C8H10N2. The van der Waals surface area contributed by atoms with Gasteiger partial charge in [0.1, 0.15) is 0 Å². The third-order valence-corrected chi connectivity index (χ3v) is 2.02. The van der Waals surface area contributed by atoms with E-state index in [4.69, 9.17) is 0 Å². The van der Waals surface area contributed by atoms with Gasteiger partial charge in [0, 0.05) is 5.92 Å². The van der Waals surface area contributed by atoms with Gasteiger partial charge in [0.2, 0.25) is 0 Å². The van der Waals surface area contributed by atoms with Gasteiger partial charge in [0.15, 0.2) is 0 Å². The number of allylic oxidation sites excluding steroid dienone is 2. The average molecular weight is 134 g/mol. The van der Waals surface area contributed by atoms with Crippen molar-refractivity contribution in [2.45, 2.75) is 13.0 Å². The molecule has 1 heterocycles. The van der Waals surface area contributed by atoms with Crippen molar-refractivity contribution in [2.75, 3.05) is 0 Å². The van der Waals surface area contributed by atoms with Gasteiger partial charge < -0.3 is 5.43 Å². The van der Waals surface area contributed by atoms with E-state index in [1.165, 1.54) is 5.57 Å². The quantitative estimate of drug-likeness (QED) is 0.526. The summed E-state index contributed by atoms with van der Waals surface area (Å²) in [6.07, 6.45) is 8.28. The number of nitrogens with zero attached hydrogens (tertiary/aromatic N) is 1. The van der Waals surface area contributed by atoms with Gasteiger partial charge in [0.25, 0.3) is 0 Å². The van der Waals surface area contributed by atoms with E-state index in [0.29, 0.717) is 12.0 Å². The van der Waals surface area contributed by atoms with E-state index in [-0.39, 0.29) is 0 Å². The van der Waals surface area contributed by atoms with Gasteiger partial charge in [-0.3, -0.25) is 0 Å². The van der Waals surface area contributed by atoms with Crippen molar-refractivity contribution in [3.63, 3.8) is 0 Å². The summed E-state index contributed by atoms with van der Waals surface area (Å²) < 4.78 is 0. The van der Waals surface area contributed by atoms with Gasteiger partial charge in [-0.05, 0) is 5.57 Å². The van der Waals surface area contributed by atoms with Crippen molar-refractivity contribution in [3.05, 3.63) is 23.8 Å². The van der Waals surface area contributed by atoms with Crippen LogP contribution in [0.15, 0.2) is 28.9 Å². The first-order valence-electron chi connectivity index (χ1n) is 3.55. The van der Waals surface area contributed by atoms with Crippen LogP contribution in [0.3, 0.4) is 0 Å². The lowest BCUT2D eigenvalue weighted by atomic mass is 9.92. The molecule has 1 aliphatic carbocycles. The standard InChI is InChI=1S/C8H10N2/c1-6-3-2-4-7-5-9-10-8(6)7/h2-6,8,10H,1H3. The Morgan fingerprint density at radius 3 is 3.30 bits per heavy atom. The molecule has 0 amide bonds. The van der Waals surface area contributed by atoms with Gasteiger partial charge in [-0.15, -0.1) is 0 Å². The van der Waals surface area contributed by atoms with Crippen molar-refractivity contribution < 1.29 is 0 Å². The summed E-state index contributed by atoms with van der Waals surface area (Å²) in [6.45, 7) is 2.19. The highest BCUT2D eigenvalue weighted by molar-refractivity contribution is 5.83. The molecule has 10 heavy (non-hydrogen) atoms. The highest BCUT2D eigenvalue weighted by atomic mass is 15.3. The topological polar surface area (TPSA) is 24.4 Å². The summed E-state index contributed by atoms with van der Waals surface area (Å²) >= 11 is 0. The Kier molecular flexibility index (Phi) is 1.13. The third-order valence-electron chi connectivity index (χ3n) is 2.02. The lowest BCUT2D eigenvalue weighted by molar-refractivity contribution is 0.522. The van der Waals surface area contributed by atoms with Gasteiger partial charge >= 0.3 is 0 Å². The Morgan fingerprint density at radius 1 is 1.60 bits per heavy atom. The zero-order valence-electron chi connectivity index (χ0n) is 5.91. The molecule has 52 valence electrons. The second-order valence-electron chi connectivity index (χ2n) is 2.78. The maximum Gasteiger partial charge on any atom is 0.0764 e. The molecule has 0 fully saturated rings. The van der Waals surface area contributed by atoms with E-state index >= 15 is 0 Å². The molecule has 1 N–H and O–H groups in total. The summed E-state index contributed by atoms with van der Waals surface area (Å²) in [4.78, 5) is 0. The molecule has 0 saturated carbocycles. The zero-order chi connectivity index (χ0) is 6.97. The number of fused-ring (bicyclic) bond motifs is 1. The predicted molar refractivity (Wildman–Crippen MR) is 41.8 cm³/mol. The van der Waals surface area contributed by atoms with Crippen LogP contribution in [-0.4, -0.2) is 12.3 Å². The summed E-state index contributed by atoms with van der Waals surface area (Å²) in [5, 5.41) is 4.00.